The van der Waals surface area contributed by atoms with Crippen molar-refractivity contribution in [3.8, 4) is 11.3 Å². The van der Waals surface area contributed by atoms with Crippen molar-refractivity contribution in [3.63, 3.8) is 0 Å². The van der Waals surface area contributed by atoms with Crippen LogP contribution in [0.15, 0.2) is 122 Å². The Labute approximate surface area is 365 Å². The smallest absolute Gasteiger partial charge is 0.307 e. The number of benzene rings is 4. The largest absolute Gasteiger partial charge is 0.481 e. The van der Waals surface area contributed by atoms with Crippen LogP contribution in [0.2, 0.25) is 10.0 Å². The SMILES string of the molecule is CS(=O)(=O)O.Cc1ccc(NC(=O)c2ccc(CN3CCN(C)CC3)cc2)cc1Nc1nccc(-c2cccnc2)n1.O=C(O)Cc1ccccc1Nc1c(Cl)cccc1Cl. The van der Waals surface area contributed by atoms with E-state index in [1.54, 1.807) is 55.0 Å². The molecule has 0 atom stereocenters. The van der Waals surface area contributed by atoms with Crippen LogP contribution in [-0.2, 0) is 27.9 Å². The van der Waals surface area contributed by atoms with E-state index in [0.717, 1.165) is 55.2 Å². The summed E-state index contributed by atoms with van der Waals surface area (Å²) in [6.45, 7) is 7.24. The zero-order valence-corrected chi connectivity index (χ0v) is 36.0. The zero-order valence-electron chi connectivity index (χ0n) is 33.7. The molecule has 1 saturated heterocycles. The number of aliphatic carboxylic acids is 1. The van der Waals surface area contributed by atoms with E-state index in [1.807, 2.05) is 73.7 Å². The standard InChI is InChI=1S/C29H31N7O.C14H11Cl2NO2.CH4O3S/c1-21-5-10-25(18-27(21)34-29-31-13-11-26(33-29)24-4-3-12-30-19-24)32-28(37)23-8-6-22(7-9-23)20-36-16-14-35(2)15-17-36;15-10-5-3-6-11(16)14(10)17-12-7-2-1-4-9(12)8-13(18)19;1-5(2,3)4/h3-13,18-19H,14-17,20H2,1-2H3,(H,32,37)(H,31,33,34);1-7,17H,8H2,(H,18,19);1H3,(H,2,3,4). The number of nitrogens with one attached hydrogen (secondary N) is 3. The Hall–Kier alpha value is -5.94. The topological polar surface area (TPSA) is 190 Å². The van der Waals surface area contributed by atoms with Crippen LogP contribution >= 0.6 is 23.2 Å². The Morgan fingerprint density at radius 2 is 1.51 bits per heavy atom. The molecule has 0 spiro atoms. The van der Waals surface area contributed by atoms with Crippen LogP contribution in [0.25, 0.3) is 11.3 Å². The number of carboxylic acids is 1. The van der Waals surface area contributed by atoms with Gasteiger partial charge in [0.25, 0.3) is 16.0 Å². The number of carboxylic acid groups (broad SMARTS) is 1. The number of hydrogen-bond donors (Lipinski definition) is 5. The molecule has 1 aliphatic rings. The molecule has 17 heteroatoms. The predicted molar refractivity (Wildman–Crippen MR) is 242 cm³/mol. The van der Waals surface area contributed by atoms with Crippen LogP contribution in [0.4, 0.5) is 28.7 Å². The zero-order chi connectivity index (χ0) is 43.9. The first-order valence-corrected chi connectivity index (χ1v) is 21.6. The predicted octanol–water partition coefficient (Wildman–Crippen LogP) is 8.46. The first-order chi connectivity index (χ1) is 29.1. The van der Waals surface area contributed by atoms with Gasteiger partial charge < -0.3 is 26.0 Å². The lowest BCUT2D eigenvalue weighted by molar-refractivity contribution is -0.136. The average Bonchev–Trinajstić information content (AvgIpc) is 3.22. The van der Waals surface area contributed by atoms with E-state index in [4.69, 9.17) is 32.9 Å². The molecule has 0 radical (unpaired) electrons. The van der Waals surface area contributed by atoms with Gasteiger partial charge in [-0.2, -0.15) is 8.42 Å². The van der Waals surface area contributed by atoms with Gasteiger partial charge in [0.2, 0.25) is 5.95 Å². The molecule has 6 aromatic rings. The van der Waals surface area contributed by atoms with Gasteiger partial charge in [0, 0.05) is 79.5 Å². The number of aryl methyl sites for hydroxylation is 1. The Balaban J connectivity index is 0.000000244. The maximum absolute atomic E-state index is 12.9. The minimum atomic E-state index is -3.67. The molecule has 1 aliphatic heterocycles. The number of aromatic nitrogens is 3. The van der Waals surface area contributed by atoms with Crippen molar-refractivity contribution >= 4 is 73.9 Å². The second-order valence-corrected chi connectivity index (χ2v) is 16.4. The van der Waals surface area contributed by atoms with Crippen LogP contribution < -0.4 is 16.0 Å². The summed E-state index contributed by atoms with van der Waals surface area (Å²) in [7, 11) is -1.51. The van der Waals surface area contributed by atoms with E-state index in [1.165, 1.54) is 5.56 Å². The molecular weight excluding hydrogens is 840 g/mol. The molecule has 1 amide bonds. The highest BCUT2D eigenvalue weighted by Gasteiger charge is 2.15. The minimum Gasteiger partial charge on any atom is -0.481 e. The first kappa shape index (κ1) is 46.1. The summed E-state index contributed by atoms with van der Waals surface area (Å²) < 4.78 is 25.9. The van der Waals surface area contributed by atoms with Gasteiger partial charge in [-0.15, -0.1) is 0 Å². The fourth-order valence-corrected chi connectivity index (χ4v) is 6.48. The summed E-state index contributed by atoms with van der Waals surface area (Å²) in [5.41, 5.74) is 8.01. The van der Waals surface area contributed by atoms with Crippen molar-refractivity contribution in [2.24, 2.45) is 0 Å². The lowest BCUT2D eigenvalue weighted by Crippen LogP contribution is -2.43. The summed E-state index contributed by atoms with van der Waals surface area (Å²) in [5, 5.41) is 19.2. The summed E-state index contributed by atoms with van der Waals surface area (Å²) >= 11 is 12.1. The summed E-state index contributed by atoms with van der Waals surface area (Å²) in [6, 6.07) is 31.6. The Bertz CT molecular complexity index is 2500. The summed E-state index contributed by atoms with van der Waals surface area (Å²) in [5.74, 6) is -0.556. The molecule has 0 aliphatic carbocycles. The maximum atomic E-state index is 12.9. The molecule has 1 fully saturated rings. The van der Waals surface area contributed by atoms with Crippen LogP contribution in [0.1, 0.15) is 27.0 Å². The highest BCUT2D eigenvalue weighted by Crippen LogP contribution is 2.33. The molecule has 0 bridgehead atoms. The number of halogens is 2. The summed E-state index contributed by atoms with van der Waals surface area (Å²) in [4.78, 5) is 41.7. The molecular formula is C44H46Cl2N8O6S. The molecule has 0 unspecified atom stereocenters. The Kier molecular flexibility index (Phi) is 16.7. The number of anilines is 5. The number of rotatable bonds is 11. The quantitative estimate of drug-likeness (QED) is 0.0780. The lowest BCUT2D eigenvalue weighted by Gasteiger charge is -2.32. The third kappa shape index (κ3) is 15.2. The van der Waals surface area contributed by atoms with Crippen molar-refractivity contribution in [1.82, 2.24) is 24.8 Å². The number of likely N-dealkylation sites (N-methyl/N-ethyl adjacent to an activating group) is 1. The number of carbonyl (C=O) groups is 2. The number of piperazine rings is 1. The molecule has 0 saturated carbocycles. The van der Waals surface area contributed by atoms with Crippen molar-refractivity contribution in [3.05, 3.63) is 154 Å². The second kappa shape index (κ2) is 22.1. The molecule has 5 N–H and O–H groups in total. The van der Waals surface area contributed by atoms with Crippen LogP contribution in [0.3, 0.4) is 0 Å². The van der Waals surface area contributed by atoms with Crippen molar-refractivity contribution < 1.29 is 27.7 Å². The van der Waals surface area contributed by atoms with Crippen molar-refractivity contribution in [1.29, 1.82) is 0 Å². The fourth-order valence-electron chi connectivity index (χ4n) is 5.99. The molecule has 14 nitrogen and oxygen atoms in total. The van der Waals surface area contributed by atoms with Gasteiger partial charge in [0.1, 0.15) is 0 Å². The van der Waals surface area contributed by atoms with E-state index < -0.39 is 16.1 Å². The highest BCUT2D eigenvalue weighted by molar-refractivity contribution is 7.85. The van der Waals surface area contributed by atoms with E-state index in [9.17, 15) is 18.0 Å². The third-order valence-corrected chi connectivity index (χ3v) is 9.78. The first-order valence-electron chi connectivity index (χ1n) is 19.0. The van der Waals surface area contributed by atoms with Gasteiger partial charge in [-0.1, -0.05) is 65.7 Å². The van der Waals surface area contributed by atoms with Gasteiger partial charge >= 0.3 is 5.97 Å². The van der Waals surface area contributed by atoms with Crippen LogP contribution in [0.5, 0.6) is 0 Å². The average molecular weight is 886 g/mol. The lowest BCUT2D eigenvalue weighted by atomic mass is 10.1. The number of nitrogens with zero attached hydrogens (tertiary/aromatic N) is 5. The third-order valence-electron chi connectivity index (χ3n) is 9.15. The van der Waals surface area contributed by atoms with E-state index >= 15 is 0 Å². The van der Waals surface area contributed by atoms with Gasteiger partial charge in [-0.05, 0) is 91.3 Å². The monoisotopic (exact) mass is 884 g/mol. The molecule has 3 heterocycles. The minimum absolute atomic E-state index is 0.0642. The van der Waals surface area contributed by atoms with E-state index in [0.29, 0.717) is 50.4 Å². The van der Waals surface area contributed by atoms with Crippen LogP contribution in [-0.4, -0.2) is 94.2 Å². The summed E-state index contributed by atoms with van der Waals surface area (Å²) in [6.07, 6.45) is 5.87. The Morgan fingerprint density at radius 3 is 2.16 bits per heavy atom. The molecule has 2 aromatic heterocycles. The normalized spacial score (nSPS) is 12.8. The van der Waals surface area contributed by atoms with E-state index in [-0.39, 0.29) is 12.3 Å². The molecule has 318 valence electrons. The number of hydrogen-bond acceptors (Lipinski definition) is 11. The highest BCUT2D eigenvalue weighted by atomic mass is 35.5. The Morgan fingerprint density at radius 1 is 0.820 bits per heavy atom. The van der Waals surface area contributed by atoms with E-state index in [2.05, 4.69) is 47.7 Å². The van der Waals surface area contributed by atoms with Gasteiger partial charge in [0.05, 0.1) is 34.1 Å². The number of para-hydroxylation sites is 2. The van der Waals surface area contributed by atoms with Crippen molar-refractivity contribution in [2.45, 2.75) is 19.9 Å². The molecule has 4 aromatic carbocycles. The van der Waals surface area contributed by atoms with Gasteiger partial charge in [0.15, 0.2) is 0 Å². The second-order valence-electron chi connectivity index (χ2n) is 14.1. The number of amides is 1. The number of carbonyl (C=O) groups excluding carboxylic acids is 1. The maximum Gasteiger partial charge on any atom is 0.307 e. The van der Waals surface area contributed by atoms with Gasteiger partial charge in [-0.3, -0.25) is 24.0 Å². The van der Waals surface area contributed by atoms with Crippen molar-refractivity contribution in [2.75, 3.05) is 55.4 Å². The number of pyridine rings is 1. The molecule has 7 rings (SSSR count). The molecule has 61 heavy (non-hydrogen) atoms. The van der Waals surface area contributed by atoms with Gasteiger partial charge in [-0.25, -0.2) is 9.97 Å². The van der Waals surface area contributed by atoms with Crippen LogP contribution in [0, 0.1) is 6.92 Å². The fraction of sp³-hybridized carbons (Fsp3) is 0.205.